The average molecular weight is 565 g/mol. The van der Waals surface area contributed by atoms with Crippen molar-refractivity contribution >= 4 is 28.5 Å². The third-order valence-electron chi connectivity index (χ3n) is 8.02. The predicted molar refractivity (Wildman–Crippen MR) is 158 cm³/mol. The number of nitrogens with two attached hydrogens (primary N) is 1. The number of carboxylic acids is 1. The standard InChI is InChI=1S/C20H26N4O.C10H14N2O4/c1-4-24(5-2)20(25)22-14-10-16-15-7-6-8-17-19(15)13(11-21-17)9-18(16)23(3)12-14;1-10(12-11,9(15)16)5-6-2-3-7(13)8(14)4-6/h6-8,10-11,14,18,21H,4-5,9,12H2,1-3H3,(H,22,25);2-4,12-14H,5,11H2,1H3,(H,15,16)/t14-,18+;10-/m00/s1. The number of nitrogens with one attached hydrogen (secondary N) is 3. The number of likely N-dealkylation sites (N-methyl/N-ethyl adjacent to an activating group) is 1. The maximum Gasteiger partial charge on any atom is 0.325 e. The number of fused-ring (bicyclic) bond motifs is 2. The number of phenols is 2. The van der Waals surface area contributed by atoms with Crippen molar-refractivity contribution in [3.63, 3.8) is 0 Å². The first kappa shape index (κ1) is 29.9. The van der Waals surface area contributed by atoms with Crippen LogP contribution in [0, 0.1) is 0 Å². The van der Waals surface area contributed by atoms with Crippen LogP contribution in [0.25, 0.3) is 16.5 Å². The van der Waals surface area contributed by atoms with Crippen LogP contribution in [0.5, 0.6) is 11.5 Å². The van der Waals surface area contributed by atoms with Gasteiger partial charge in [-0.15, -0.1) is 0 Å². The van der Waals surface area contributed by atoms with Crippen molar-refractivity contribution in [3.8, 4) is 11.5 Å². The lowest BCUT2D eigenvalue weighted by atomic mass is 9.81. The number of hydrazine groups is 1. The molecule has 0 saturated heterocycles. The van der Waals surface area contributed by atoms with Gasteiger partial charge in [0.15, 0.2) is 11.5 Å². The number of nitrogens with zero attached hydrogens (tertiary/aromatic N) is 2. The number of phenolic OH excluding ortho intramolecular Hbond substituents is 2. The number of amides is 2. The van der Waals surface area contributed by atoms with Crippen LogP contribution < -0.4 is 16.6 Å². The number of carbonyl (C=O) groups excluding carboxylic acids is 1. The normalized spacial score (nSPS) is 19.3. The molecule has 8 N–H and O–H groups in total. The molecule has 2 heterocycles. The summed E-state index contributed by atoms with van der Waals surface area (Å²) in [5.41, 5.74) is 6.69. The first-order valence-electron chi connectivity index (χ1n) is 13.8. The van der Waals surface area contributed by atoms with Gasteiger partial charge in [-0.3, -0.25) is 15.5 Å². The van der Waals surface area contributed by atoms with Crippen molar-refractivity contribution in [2.24, 2.45) is 5.84 Å². The summed E-state index contributed by atoms with van der Waals surface area (Å²) in [6.07, 6.45) is 5.53. The highest BCUT2D eigenvalue weighted by Gasteiger charge is 2.34. The predicted octanol–water partition coefficient (Wildman–Crippen LogP) is 2.79. The summed E-state index contributed by atoms with van der Waals surface area (Å²) in [6, 6.07) is 11.0. The highest BCUT2D eigenvalue weighted by atomic mass is 16.4. The van der Waals surface area contributed by atoms with E-state index in [1.165, 1.54) is 52.7 Å². The fourth-order valence-corrected chi connectivity index (χ4v) is 5.58. The van der Waals surface area contributed by atoms with E-state index in [9.17, 15) is 14.7 Å². The number of urea groups is 1. The Kier molecular flexibility index (Phi) is 8.91. The molecule has 41 heavy (non-hydrogen) atoms. The van der Waals surface area contributed by atoms with E-state index in [0.717, 1.165) is 26.1 Å². The van der Waals surface area contributed by atoms with Crippen LogP contribution in [0.2, 0.25) is 0 Å². The highest BCUT2D eigenvalue weighted by molar-refractivity contribution is 5.98. The molecular weight excluding hydrogens is 524 g/mol. The third kappa shape index (κ3) is 6.17. The van der Waals surface area contributed by atoms with Gasteiger partial charge < -0.3 is 30.5 Å². The van der Waals surface area contributed by atoms with Crippen LogP contribution in [0.15, 0.2) is 48.7 Å². The molecule has 11 nitrogen and oxygen atoms in total. The molecule has 3 aromatic rings. The van der Waals surface area contributed by atoms with E-state index in [0.29, 0.717) is 11.6 Å². The smallest absolute Gasteiger partial charge is 0.325 e. The lowest BCUT2D eigenvalue weighted by Gasteiger charge is -2.40. The summed E-state index contributed by atoms with van der Waals surface area (Å²) < 4.78 is 0. The van der Waals surface area contributed by atoms with E-state index >= 15 is 0 Å². The Balaban J connectivity index is 0.000000210. The maximum absolute atomic E-state index is 12.4. The zero-order valence-electron chi connectivity index (χ0n) is 23.9. The van der Waals surface area contributed by atoms with Gasteiger partial charge in [0.05, 0.1) is 6.04 Å². The van der Waals surface area contributed by atoms with E-state index < -0.39 is 11.5 Å². The van der Waals surface area contributed by atoms with Gasteiger partial charge in [0.2, 0.25) is 0 Å². The van der Waals surface area contributed by atoms with Gasteiger partial charge in [0, 0.05) is 49.2 Å². The molecule has 0 radical (unpaired) electrons. The largest absolute Gasteiger partial charge is 0.504 e. The summed E-state index contributed by atoms with van der Waals surface area (Å²) in [6.45, 7) is 7.77. The lowest BCUT2D eigenvalue weighted by Crippen LogP contribution is -2.54. The number of hydrogen-bond donors (Lipinski definition) is 7. The maximum atomic E-state index is 12.4. The van der Waals surface area contributed by atoms with Crippen LogP contribution in [0.3, 0.4) is 0 Å². The van der Waals surface area contributed by atoms with Gasteiger partial charge in [-0.05, 0) is 74.7 Å². The van der Waals surface area contributed by atoms with Gasteiger partial charge >= 0.3 is 12.0 Å². The Bertz CT molecular complexity index is 1450. The number of aromatic hydroxyl groups is 2. The number of H-pyrrole nitrogens is 1. The number of aliphatic carboxylic acids is 1. The summed E-state index contributed by atoms with van der Waals surface area (Å²) in [7, 11) is 2.16. The van der Waals surface area contributed by atoms with Gasteiger partial charge in [-0.1, -0.05) is 24.3 Å². The van der Waals surface area contributed by atoms with Gasteiger partial charge in [0.25, 0.3) is 0 Å². The van der Waals surface area contributed by atoms with Crippen LogP contribution in [0.1, 0.15) is 37.5 Å². The molecule has 2 aromatic carbocycles. The van der Waals surface area contributed by atoms with Crippen molar-refractivity contribution in [2.75, 3.05) is 26.7 Å². The van der Waals surface area contributed by atoms with Crippen molar-refractivity contribution in [1.82, 2.24) is 25.5 Å². The van der Waals surface area contributed by atoms with E-state index in [1.54, 1.807) is 0 Å². The summed E-state index contributed by atoms with van der Waals surface area (Å²) in [4.78, 5) is 31.0. The molecule has 220 valence electrons. The number of aromatic nitrogens is 1. The Hall–Kier alpha value is -4.06. The van der Waals surface area contributed by atoms with E-state index in [2.05, 4.69) is 58.1 Å². The second kappa shape index (κ2) is 12.2. The number of hydrogen-bond acceptors (Lipinski definition) is 7. The summed E-state index contributed by atoms with van der Waals surface area (Å²) in [5.74, 6) is 3.55. The molecule has 11 heteroatoms. The number of carbonyl (C=O) groups is 2. The highest BCUT2D eigenvalue weighted by Crippen LogP contribution is 2.39. The number of aromatic amines is 1. The van der Waals surface area contributed by atoms with E-state index in [-0.39, 0.29) is 30.0 Å². The third-order valence-corrected chi connectivity index (χ3v) is 8.02. The molecule has 2 amide bonds. The summed E-state index contributed by atoms with van der Waals surface area (Å²) >= 11 is 0. The topological polar surface area (TPSA) is 167 Å². The Morgan fingerprint density at radius 3 is 2.54 bits per heavy atom. The second-order valence-electron chi connectivity index (χ2n) is 10.8. The van der Waals surface area contributed by atoms with Crippen molar-refractivity contribution < 1.29 is 24.9 Å². The van der Waals surface area contributed by atoms with E-state index in [1.807, 2.05) is 18.7 Å². The molecule has 5 rings (SSSR count). The minimum Gasteiger partial charge on any atom is -0.504 e. The van der Waals surface area contributed by atoms with Crippen LogP contribution in [-0.2, 0) is 17.6 Å². The quantitative estimate of drug-likeness (QED) is 0.131. The molecule has 0 spiro atoms. The molecule has 0 bridgehead atoms. The fraction of sp³-hybridized carbons (Fsp3) is 0.400. The van der Waals surface area contributed by atoms with E-state index in [4.69, 9.17) is 16.1 Å². The second-order valence-corrected chi connectivity index (χ2v) is 10.8. The zero-order chi connectivity index (χ0) is 29.9. The van der Waals surface area contributed by atoms with Crippen molar-refractivity contribution in [1.29, 1.82) is 0 Å². The number of rotatable bonds is 7. The van der Waals surface area contributed by atoms with Gasteiger partial charge in [-0.25, -0.2) is 10.2 Å². The van der Waals surface area contributed by atoms with Crippen molar-refractivity contribution in [2.45, 2.75) is 51.2 Å². The average Bonchev–Trinajstić information content (AvgIpc) is 3.36. The van der Waals surface area contributed by atoms with Gasteiger partial charge in [0.1, 0.15) is 5.54 Å². The van der Waals surface area contributed by atoms with Gasteiger partial charge in [-0.2, -0.15) is 0 Å². The first-order valence-corrected chi connectivity index (χ1v) is 13.8. The monoisotopic (exact) mass is 564 g/mol. The van der Waals surface area contributed by atoms with Crippen LogP contribution >= 0.6 is 0 Å². The minimum absolute atomic E-state index is 0.0232. The summed E-state index contributed by atoms with van der Waals surface area (Å²) in [5, 5.41) is 31.9. The SMILES string of the molecule is CCN(CC)C(=O)N[C@H]1C=C2c3cccc4[nH]cc(c34)C[C@H]2N(C)C1.C[C@@](Cc1ccc(O)c(O)c1)(NN)C(=O)O. The molecule has 1 aromatic heterocycles. The van der Waals surface area contributed by atoms with Crippen molar-refractivity contribution in [3.05, 3.63) is 65.4 Å². The lowest BCUT2D eigenvalue weighted by molar-refractivity contribution is -0.144. The molecule has 0 unspecified atom stereocenters. The first-order chi connectivity index (χ1) is 19.5. The molecule has 0 fully saturated rings. The van der Waals surface area contributed by atoms with Crippen LogP contribution in [-0.4, -0.2) is 86.4 Å². The Labute approximate surface area is 239 Å². The fourth-order valence-electron chi connectivity index (χ4n) is 5.58. The molecule has 2 aliphatic rings. The number of benzene rings is 2. The minimum atomic E-state index is -1.32. The Morgan fingerprint density at radius 1 is 1.17 bits per heavy atom. The van der Waals surface area contributed by atoms with Crippen LogP contribution in [0.4, 0.5) is 4.79 Å². The molecule has 0 saturated carbocycles. The number of carboxylic acid groups (broad SMARTS) is 1. The molecule has 1 aliphatic heterocycles. The molecule has 3 atom stereocenters. The zero-order valence-corrected chi connectivity index (χ0v) is 23.9. The Morgan fingerprint density at radius 2 is 1.90 bits per heavy atom. The molecular formula is C30H40N6O5. The molecule has 1 aliphatic carbocycles.